The van der Waals surface area contributed by atoms with Crippen molar-refractivity contribution in [3.63, 3.8) is 0 Å². The van der Waals surface area contributed by atoms with Crippen molar-refractivity contribution in [2.45, 2.75) is 74.6 Å². The summed E-state index contributed by atoms with van der Waals surface area (Å²) in [6.45, 7) is 1.92. The Morgan fingerprint density at radius 2 is 1.98 bits per heavy atom. The fourth-order valence-corrected chi connectivity index (χ4v) is 7.03. The number of carbonyl (C=O) groups excluding carboxylic acids is 3. The molecule has 0 aromatic heterocycles. The molecule has 8 N–H and O–H groups in total. The number of esters is 1. The fraction of sp³-hybridized carbons (Fsp3) is 0.654. The van der Waals surface area contributed by atoms with Crippen LogP contribution in [0.1, 0.15) is 51.9 Å². The van der Waals surface area contributed by atoms with Crippen LogP contribution in [-0.2, 0) is 28.7 Å². The molecule has 0 saturated heterocycles. The molecule has 0 bridgehead atoms. The van der Waals surface area contributed by atoms with Gasteiger partial charge in [0.15, 0.2) is 0 Å². The Kier molecular flexibility index (Phi) is 10.9. The van der Waals surface area contributed by atoms with E-state index in [1.54, 1.807) is 0 Å². The molecular weight excluding hydrogens is 560 g/mol. The second-order valence-electron chi connectivity index (χ2n) is 10.4. The Morgan fingerprint density at radius 1 is 1.24 bits per heavy atom. The predicted octanol–water partition coefficient (Wildman–Crippen LogP) is -0.621. The maximum Gasteiger partial charge on any atom is 0.353 e. The van der Waals surface area contributed by atoms with Gasteiger partial charge in [-0.1, -0.05) is 25.5 Å². The summed E-state index contributed by atoms with van der Waals surface area (Å²) in [6.07, 6.45) is 4.23. The van der Waals surface area contributed by atoms with Gasteiger partial charge in [-0.2, -0.15) is 0 Å². The summed E-state index contributed by atoms with van der Waals surface area (Å²) in [5.74, 6) is -5.10. The number of hydrogen-bond donors (Lipinski definition) is 8. The zero-order chi connectivity index (χ0) is 30.4. The van der Waals surface area contributed by atoms with E-state index in [0.29, 0.717) is 18.6 Å². The Morgan fingerprint density at radius 3 is 2.61 bits per heavy atom. The molecule has 0 radical (unpaired) electrons. The van der Waals surface area contributed by atoms with Gasteiger partial charge in [-0.3, -0.25) is 19.7 Å². The van der Waals surface area contributed by atoms with Gasteiger partial charge in [0.05, 0.1) is 4.75 Å². The third kappa shape index (κ3) is 7.46. The van der Waals surface area contributed by atoms with Gasteiger partial charge in [0.1, 0.15) is 17.7 Å². The normalized spacial score (nSPS) is 25.9. The Labute approximate surface area is 241 Å². The van der Waals surface area contributed by atoms with E-state index in [9.17, 15) is 39.3 Å². The highest BCUT2D eigenvalue weighted by Crippen LogP contribution is 2.55. The topological polar surface area (TPSA) is 224 Å². The zero-order valence-corrected chi connectivity index (χ0v) is 23.8. The molecule has 2 amide bonds. The molecule has 3 aliphatic rings. The van der Waals surface area contributed by atoms with Gasteiger partial charge in [0.2, 0.25) is 23.8 Å². The summed E-state index contributed by atoms with van der Waals surface area (Å²) in [6, 6.07) is -1.33. The smallest absolute Gasteiger partial charge is 0.353 e. The van der Waals surface area contributed by atoms with Crippen LogP contribution in [0.4, 0.5) is 0 Å². The second-order valence-corrected chi connectivity index (χ2v) is 11.8. The first-order valence-corrected chi connectivity index (χ1v) is 14.5. The standard InChI is InChI=1S/C26H38N4O10S/c1-3-9-25(10-7-14-5-4-6-15-18(14)19(25)40-23(15)36)41-12-16(20(32)30-21(33)22(34)35)29-17(31)8-11-26(39,24(37)38)28-13-27-2/h4,6,14-16,21,27-28,33,39H,3,5,7-13H2,1-2H3,(H,29,31)(H,30,32)(H,34,35)(H,37,38)/t14-,15-,16+,21+,25+,26-/m1/s1. The summed E-state index contributed by atoms with van der Waals surface area (Å²) >= 11 is 1.31. The molecule has 2 aliphatic carbocycles. The average Bonchev–Trinajstić information content (AvgIpc) is 3.28. The monoisotopic (exact) mass is 598 g/mol. The molecule has 1 aliphatic heterocycles. The number of ether oxygens (including phenoxy) is 1. The van der Waals surface area contributed by atoms with Gasteiger partial charge in [-0.15, -0.1) is 11.8 Å². The van der Waals surface area contributed by atoms with E-state index < -0.39 is 65.3 Å². The van der Waals surface area contributed by atoms with Crippen LogP contribution in [0.25, 0.3) is 0 Å². The van der Waals surface area contributed by atoms with Crippen LogP contribution in [-0.4, -0.2) is 92.4 Å². The first-order valence-electron chi connectivity index (χ1n) is 13.5. The largest absolute Gasteiger partial charge is 0.478 e. The fourth-order valence-electron chi connectivity index (χ4n) is 5.41. The van der Waals surface area contributed by atoms with E-state index in [4.69, 9.17) is 9.84 Å². The lowest BCUT2D eigenvalue weighted by Crippen LogP contribution is -2.56. The van der Waals surface area contributed by atoms with Gasteiger partial charge in [0, 0.05) is 25.3 Å². The van der Waals surface area contributed by atoms with Crippen molar-refractivity contribution in [1.82, 2.24) is 21.3 Å². The summed E-state index contributed by atoms with van der Waals surface area (Å²) in [5, 5.41) is 47.9. The first kappa shape index (κ1) is 32.5. The highest BCUT2D eigenvalue weighted by Gasteiger charge is 2.52. The number of carboxylic acid groups (broad SMARTS) is 2. The lowest BCUT2D eigenvalue weighted by molar-refractivity contribution is -0.164. The van der Waals surface area contributed by atoms with Crippen LogP contribution in [0.15, 0.2) is 23.5 Å². The molecule has 15 heteroatoms. The molecule has 0 spiro atoms. The summed E-state index contributed by atoms with van der Waals surface area (Å²) < 4.78 is 5.15. The van der Waals surface area contributed by atoms with Crippen molar-refractivity contribution >= 4 is 41.5 Å². The van der Waals surface area contributed by atoms with E-state index >= 15 is 0 Å². The molecular formula is C26H38N4O10S. The van der Waals surface area contributed by atoms with Crippen molar-refractivity contribution < 1.29 is 49.1 Å². The number of carboxylic acids is 2. The van der Waals surface area contributed by atoms with Gasteiger partial charge in [-0.25, -0.2) is 9.59 Å². The molecule has 6 atom stereocenters. The average molecular weight is 599 g/mol. The van der Waals surface area contributed by atoms with E-state index in [2.05, 4.69) is 16.0 Å². The first-order chi connectivity index (χ1) is 19.4. The molecule has 14 nitrogen and oxygen atoms in total. The molecule has 0 aromatic rings. The van der Waals surface area contributed by atoms with Crippen molar-refractivity contribution in [3.05, 3.63) is 23.5 Å². The van der Waals surface area contributed by atoms with Gasteiger partial charge < -0.3 is 41.1 Å². The minimum atomic E-state index is -2.42. The van der Waals surface area contributed by atoms with Crippen LogP contribution in [0, 0.1) is 11.8 Å². The molecule has 3 rings (SSSR count). The predicted molar refractivity (Wildman–Crippen MR) is 146 cm³/mol. The molecule has 228 valence electrons. The van der Waals surface area contributed by atoms with Crippen LogP contribution in [0.2, 0.25) is 0 Å². The van der Waals surface area contributed by atoms with Crippen LogP contribution < -0.4 is 21.3 Å². The summed E-state index contributed by atoms with van der Waals surface area (Å²) in [7, 11) is 1.53. The van der Waals surface area contributed by atoms with E-state index in [1.807, 2.05) is 24.4 Å². The summed E-state index contributed by atoms with van der Waals surface area (Å²) in [5.41, 5.74) is -1.46. The van der Waals surface area contributed by atoms with E-state index in [0.717, 1.165) is 24.8 Å². The van der Waals surface area contributed by atoms with Crippen LogP contribution in [0.3, 0.4) is 0 Å². The number of amides is 2. The maximum absolute atomic E-state index is 13.0. The Balaban J connectivity index is 1.80. The van der Waals surface area contributed by atoms with Crippen molar-refractivity contribution in [2.75, 3.05) is 19.5 Å². The number of nitrogens with one attached hydrogen (secondary N) is 4. The number of aliphatic hydroxyl groups is 2. The van der Waals surface area contributed by atoms with Crippen molar-refractivity contribution in [3.8, 4) is 0 Å². The van der Waals surface area contributed by atoms with Gasteiger partial charge >= 0.3 is 17.9 Å². The number of carbonyl (C=O) groups is 5. The van der Waals surface area contributed by atoms with Crippen LogP contribution in [0.5, 0.6) is 0 Å². The number of rotatable bonds is 16. The molecule has 1 heterocycles. The minimum absolute atomic E-state index is 0.0569. The van der Waals surface area contributed by atoms with E-state index in [1.165, 1.54) is 18.8 Å². The number of allylic oxidation sites excluding steroid dienone is 1. The van der Waals surface area contributed by atoms with Gasteiger partial charge in [-0.05, 0) is 44.2 Å². The number of thioether (sulfide) groups is 1. The number of hydrogen-bond acceptors (Lipinski definition) is 11. The Bertz CT molecular complexity index is 1110. The van der Waals surface area contributed by atoms with Crippen LogP contribution >= 0.6 is 11.8 Å². The minimum Gasteiger partial charge on any atom is -0.478 e. The van der Waals surface area contributed by atoms with Crippen molar-refractivity contribution in [2.24, 2.45) is 11.8 Å². The third-order valence-electron chi connectivity index (χ3n) is 7.52. The highest BCUT2D eigenvalue weighted by atomic mass is 32.2. The summed E-state index contributed by atoms with van der Waals surface area (Å²) in [4.78, 5) is 61.2. The Hall–Kier alpha value is -2.98. The highest BCUT2D eigenvalue weighted by molar-refractivity contribution is 8.00. The molecule has 0 unspecified atom stereocenters. The second kappa shape index (κ2) is 13.8. The third-order valence-corrected chi connectivity index (χ3v) is 9.17. The molecule has 0 aromatic carbocycles. The number of aliphatic hydroxyl groups excluding tert-OH is 1. The van der Waals surface area contributed by atoms with E-state index in [-0.39, 0.29) is 24.3 Å². The SMILES string of the molecule is CCC[C@]1(SC[C@H](NC(=O)CC[C@](O)(NCNC)C(=O)O)C(=O)N[C@@H](O)C(=O)O)CC[C@H]2CC=C[C@H]3C(=O)OC1=C23. The quantitative estimate of drug-likeness (QED) is 0.0631. The zero-order valence-electron chi connectivity index (χ0n) is 23.0. The number of aliphatic carboxylic acids is 2. The molecule has 0 fully saturated rings. The van der Waals surface area contributed by atoms with Crippen molar-refractivity contribution in [1.29, 1.82) is 0 Å². The lowest BCUT2D eigenvalue weighted by Gasteiger charge is -2.41. The van der Waals surface area contributed by atoms with Gasteiger partial charge in [0.25, 0.3) is 0 Å². The molecule has 0 saturated carbocycles. The maximum atomic E-state index is 13.0. The molecule has 41 heavy (non-hydrogen) atoms. The lowest BCUT2D eigenvalue weighted by atomic mass is 9.71.